The molecular weight excluding hydrogens is 260 g/mol. The molecule has 1 atom stereocenters. The van der Waals surface area contributed by atoms with Gasteiger partial charge in [-0.2, -0.15) is 0 Å². The second-order valence-corrected chi connectivity index (χ2v) is 5.65. The minimum Gasteiger partial charge on any atom is -0.475 e. The molecule has 3 nitrogen and oxygen atoms in total. The van der Waals surface area contributed by atoms with Gasteiger partial charge in [-0.15, -0.1) is 0 Å². The first-order chi connectivity index (χ1) is 10.1. The fourth-order valence-electron chi connectivity index (χ4n) is 2.12. The van der Waals surface area contributed by atoms with Gasteiger partial charge >= 0.3 is 0 Å². The summed E-state index contributed by atoms with van der Waals surface area (Å²) in [6, 6.07) is 12.9. The average Bonchev–Trinajstić information content (AvgIpc) is 2.46. The number of aryl methyl sites for hydroxylation is 1. The van der Waals surface area contributed by atoms with Gasteiger partial charge in [-0.1, -0.05) is 35.9 Å². The number of nitrogens with zero attached hydrogens (tertiary/aromatic N) is 1. The zero-order chi connectivity index (χ0) is 15.2. The Morgan fingerprint density at radius 3 is 2.48 bits per heavy atom. The minimum atomic E-state index is 0.133. The molecule has 1 heterocycles. The zero-order valence-corrected chi connectivity index (χ0v) is 13.3. The molecule has 1 N–H and O–H groups in total. The van der Waals surface area contributed by atoms with Crippen LogP contribution in [-0.2, 0) is 6.54 Å². The van der Waals surface area contributed by atoms with E-state index in [0.29, 0.717) is 0 Å². The molecular formula is C18H24N2O. The molecule has 0 saturated heterocycles. The predicted molar refractivity (Wildman–Crippen MR) is 86.4 cm³/mol. The van der Waals surface area contributed by atoms with Gasteiger partial charge in [-0.05, 0) is 39.3 Å². The third kappa shape index (κ3) is 4.57. The quantitative estimate of drug-likeness (QED) is 0.869. The van der Waals surface area contributed by atoms with E-state index in [1.165, 1.54) is 11.1 Å². The molecule has 3 heteroatoms. The van der Waals surface area contributed by atoms with Gasteiger partial charge < -0.3 is 10.1 Å². The lowest BCUT2D eigenvalue weighted by molar-refractivity contribution is 0.229. The molecule has 0 amide bonds. The van der Waals surface area contributed by atoms with Crippen molar-refractivity contribution in [2.45, 2.75) is 46.4 Å². The van der Waals surface area contributed by atoms with Gasteiger partial charge in [-0.3, -0.25) is 0 Å². The number of hydrogen-bond acceptors (Lipinski definition) is 3. The van der Waals surface area contributed by atoms with Crippen LogP contribution in [0.25, 0.3) is 0 Å². The maximum atomic E-state index is 5.75. The largest absolute Gasteiger partial charge is 0.475 e. The van der Waals surface area contributed by atoms with Gasteiger partial charge in [0, 0.05) is 24.3 Å². The van der Waals surface area contributed by atoms with Crippen LogP contribution < -0.4 is 10.1 Å². The molecule has 112 valence electrons. The van der Waals surface area contributed by atoms with Crippen LogP contribution in [0.4, 0.5) is 0 Å². The van der Waals surface area contributed by atoms with Crippen molar-refractivity contribution in [3.8, 4) is 5.88 Å². The third-order valence-corrected chi connectivity index (χ3v) is 3.37. The lowest BCUT2D eigenvalue weighted by Gasteiger charge is -2.17. The van der Waals surface area contributed by atoms with Crippen molar-refractivity contribution >= 4 is 0 Å². The Morgan fingerprint density at radius 2 is 1.81 bits per heavy atom. The average molecular weight is 284 g/mol. The van der Waals surface area contributed by atoms with Crippen LogP contribution in [0.1, 0.15) is 43.5 Å². The number of aromatic nitrogens is 1. The Balaban J connectivity index is 2.01. The second kappa shape index (κ2) is 7.23. The van der Waals surface area contributed by atoms with E-state index in [1.807, 2.05) is 19.9 Å². The van der Waals surface area contributed by atoms with E-state index >= 15 is 0 Å². The van der Waals surface area contributed by atoms with Gasteiger partial charge in [-0.25, -0.2) is 4.98 Å². The fourth-order valence-corrected chi connectivity index (χ4v) is 2.12. The number of benzene rings is 1. The van der Waals surface area contributed by atoms with Crippen molar-refractivity contribution in [2.24, 2.45) is 0 Å². The summed E-state index contributed by atoms with van der Waals surface area (Å²) in [5.41, 5.74) is 3.66. The van der Waals surface area contributed by atoms with Crippen LogP contribution in [0.15, 0.2) is 42.6 Å². The number of nitrogens with one attached hydrogen (secondary N) is 1. The summed E-state index contributed by atoms with van der Waals surface area (Å²) < 4.78 is 5.75. The highest BCUT2D eigenvalue weighted by Crippen LogP contribution is 2.18. The lowest BCUT2D eigenvalue weighted by Crippen LogP contribution is -2.19. The van der Waals surface area contributed by atoms with Crippen LogP contribution in [0, 0.1) is 6.92 Å². The molecule has 0 fully saturated rings. The zero-order valence-electron chi connectivity index (χ0n) is 13.3. The van der Waals surface area contributed by atoms with Crippen LogP contribution in [0.3, 0.4) is 0 Å². The van der Waals surface area contributed by atoms with Gasteiger partial charge in [0.1, 0.15) is 0 Å². The van der Waals surface area contributed by atoms with E-state index in [-0.39, 0.29) is 12.1 Å². The number of rotatable bonds is 6. The molecule has 2 rings (SSSR count). The second-order valence-electron chi connectivity index (χ2n) is 5.65. The SMILES string of the molecule is Cc1ccc(C(C)NCc2cccnc2OC(C)C)cc1. The first kappa shape index (κ1) is 15.5. The Labute approximate surface area is 127 Å². The van der Waals surface area contributed by atoms with Gasteiger partial charge in [0.2, 0.25) is 5.88 Å². The topological polar surface area (TPSA) is 34.2 Å². The maximum Gasteiger partial charge on any atom is 0.218 e. The van der Waals surface area contributed by atoms with Crippen LogP contribution in [0.2, 0.25) is 0 Å². The highest BCUT2D eigenvalue weighted by atomic mass is 16.5. The molecule has 21 heavy (non-hydrogen) atoms. The summed E-state index contributed by atoms with van der Waals surface area (Å²) in [4.78, 5) is 4.32. The lowest BCUT2D eigenvalue weighted by atomic mass is 10.1. The number of hydrogen-bond donors (Lipinski definition) is 1. The van der Waals surface area contributed by atoms with Crippen LogP contribution >= 0.6 is 0 Å². The summed E-state index contributed by atoms with van der Waals surface area (Å²) in [5.74, 6) is 0.719. The Hall–Kier alpha value is -1.87. The molecule has 2 aromatic rings. The molecule has 0 aliphatic rings. The molecule has 1 unspecified atom stereocenters. The van der Waals surface area contributed by atoms with Crippen molar-refractivity contribution in [3.05, 3.63) is 59.3 Å². The summed E-state index contributed by atoms with van der Waals surface area (Å²) in [7, 11) is 0. The number of pyridine rings is 1. The fraction of sp³-hybridized carbons (Fsp3) is 0.389. The Kier molecular flexibility index (Phi) is 5.34. The van der Waals surface area contributed by atoms with Gasteiger partial charge in [0.15, 0.2) is 0 Å². The van der Waals surface area contributed by atoms with Crippen molar-refractivity contribution in [1.82, 2.24) is 10.3 Å². The molecule has 0 bridgehead atoms. The normalized spacial score (nSPS) is 12.4. The Morgan fingerprint density at radius 1 is 1.10 bits per heavy atom. The standard InChI is InChI=1S/C18H24N2O/c1-13(2)21-18-17(6-5-11-19-18)12-20-15(4)16-9-7-14(3)8-10-16/h5-11,13,15,20H,12H2,1-4H3. The summed E-state index contributed by atoms with van der Waals surface area (Å²) in [6.07, 6.45) is 1.90. The van der Waals surface area contributed by atoms with Gasteiger partial charge in [0.05, 0.1) is 6.10 Å². The summed E-state index contributed by atoms with van der Waals surface area (Å²) in [6.45, 7) is 9.05. The first-order valence-electron chi connectivity index (χ1n) is 7.46. The summed E-state index contributed by atoms with van der Waals surface area (Å²) >= 11 is 0. The van der Waals surface area contributed by atoms with E-state index in [2.05, 4.69) is 54.5 Å². The first-order valence-corrected chi connectivity index (χ1v) is 7.46. The smallest absolute Gasteiger partial charge is 0.218 e. The molecule has 1 aromatic carbocycles. The molecule has 1 aromatic heterocycles. The van der Waals surface area contributed by atoms with Crippen LogP contribution in [-0.4, -0.2) is 11.1 Å². The third-order valence-electron chi connectivity index (χ3n) is 3.37. The van der Waals surface area contributed by atoms with Crippen molar-refractivity contribution in [1.29, 1.82) is 0 Å². The van der Waals surface area contributed by atoms with Crippen LogP contribution in [0.5, 0.6) is 5.88 Å². The van der Waals surface area contributed by atoms with Crippen molar-refractivity contribution in [3.63, 3.8) is 0 Å². The monoisotopic (exact) mass is 284 g/mol. The molecule has 0 spiro atoms. The molecule has 0 saturated carbocycles. The van der Waals surface area contributed by atoms with Crippen molar-refractivity contribution in [2.75, 3.05) is 0 Å². The van der Waals surface area contributed by atoms with E-state index in [0.717, 1.165) is 18.0 Å². The van der Waals surface area contributed by atoms with Gasteiger partial charge in [0.25, 0.3) is 0 Å². The highest BCUT2D eigenvalue weighted by Gasteiger charge is 2.09. The summed E-state index contributed by atoms with van der Waals surface area (Å²) in [5, 5.41) is 3.53. The minimum absolute atomic E-state index is 0.133. The van der Waals surface area contributed by atoms with E-state index < -0.39 is 0 Å². The van der Waals surface area contributed by atoms with E-state index in [1.54, 1.807) is 6.20 Å². The molecule has 0 aliphatic carbocycles. The predicted octanol–water partition coefficient (Wildman–Crippen LogP) is 4.03. The number of ether oxygens (including phenoxy) is 1. The molecule has 0 radical (unpaired) electrons. The highest BCUT2D eigenvalue weighted by molar-refractivity contribution is 5.27. The van der Waals surface area contributed by atoms with E-state index in [4.69, 9.17) is 4.74 Å². The Bertz CT molecular complexity index is 564. The molecule has 0 aliphatic heterocycles. The maximum absolute atomic E-state index is 5.75. The van der Waals surface area contributed by atoms with E-state index in [9.17, 15) is 0 Å². The van der Waals surface area contributed by atoms with Crippen molar-refractivity contribution < 1.29 is 4.74 Å².